The minimum absolute atomic E-state index is 0.260. The van der Waals surface area contributed by atoms with Gasteiger partial charge in [-0.15, -0.1) is 0 Å². The third-order valence-electron chi connectivity index (χ3n) is 3.08. The fourth-order valence-corrected chi connectivity index (χ4v) is 2.26. The van der Waals surface area contributed by atoms with E-state index in [-0.39, 0.29) is 5.56 Å². The molecule has 1 aromatic rings. The first kappa shape index (κ1) is 11.4. The van der Waals surface area contributed by atoms with Crippen molar-refractivity contribution in [3.8, 4) is 12.1 Å². The molecule has 0 fully saturated rings. The monoisotopic (exact) mass is 227 g/mol. The number of rotatable bonds is 1. The van der Waals surface area contributed by atoms with Crippen LogP contribution in [-0.4, -0.2) is 4.98 Å². The van der Waals surface area contributed by atoms with E-state index in [2.05, 4.69) is 16.5 Å². The number of fused-ring (bicyclic) bond motifs is 1. The summed E-state index contributed by atoms with van der Waals surface area (Å²) in [4.78, 5) is 4.36. The summed E-state index contributed by atoms with van der Waals surface area (Å²) in [5, 5.41) is 18.3. The van der Waals surface area contributed by atoms with Crippen molar-refractivity contribution in [3.63, 3.8) is 0 Å². The molecule has 0 saturated carbocycles. The van der Waals surface area contributed by atoms with Gasteiger partial charge in [0, 0.05) is 5.69 Å². The molecule has 0 unspecified atom stereocenters. The summed E-state index contributed by atoms with van der Waals surface area (Å²) in [6.07, 6.45) is 4.92. The molecule has 3 N–H and O–H groups in total. The van der Waals surface area contributed by atoms with Gasteiger partial charge in [0.15, 0.2) is 5.82 Å². The zero-order valence-electron chi connectivity index (χ0n) is 9.45. The second-order valence-electron chi connectivity index (χ2n) is 4.06. The topological polar surface area (TPSA) is 98.5 Å². The number of nitrogens with zero attached hydrogens (tertiary/aromatic N) is 3. The minimum atomic E-state index is 0.260. The molecule has 86 valence electrons. The average molecular weight is 227 g/mol. The molecule has 1 aliphatic rings. The summed E-state index contributed by atoms with van der Waals surface area (Å²) in [5.41, 5.74) is 4.94. The number of hydrogen-bond donors (Lipinski definition) is 2. The Labute approximate surface area is 99.8 Å². The number of aryl methyl sites for hydroxylation is 1. The number of hydrogen-bond acceptors (Lipinski definition) is 5. The summed E-state index contributed by atoms with van der Waals surface area (Å²) < 4.78 is 0. The second-order valence-corrected chi connectivity index (χ2v) is 4.06. The minimum Gasteiger partial charge on any atom is -0.307 e. The summed E-state index contributed by atoms with van der Waals surface area (Å²) in [6, 6.07) is 4.13. The smallest absolute Gasteiger partial charge is 0.159 e. The number of pyridine rings is 1. The van der Waals surface area contributed by atoms with Gasteiger partial charge in [0.05, 0.1) is 5.56 Å². The first-order chi connectivity index (χ1) is 8.31. The van der Waals surface area contributed by atoms with Gasteiger partial charge in [-0.3, -0.25) is 0 Å². The van der Waals surface area contributed by atoms with Gasteiger partial charge in [-0.25, -0.2) is 10.8 Å². The van der Waals surface area contributed by atoms with Crippen molar-refractivity contribution in [3.05, 3.63) is 22.4 Å². The van der Waals surface area contributed by atoms with Crippen molar-refractivity contribution in [2.24, 2.45) is 5.84 Å². The van der Waals surface area contributed by atoms with Crippen molar-refractivity contribution in [2.45, 2.75) is 32.1 Å². The fraction of sp³-hybridized carbons (Fsp3) is 0.417. The molecule has 1 heterocycles. The first-order valence-corrected chi connectivity index (χ1v) is 5.64. The molecule has 0 spiro atoms. The SMILES string of the molecule is N#Cc1c(NN)nc2c(c1C#N)CCCCC2. The zero-order valence-corrected chi connectivity index (χ0v) is 9.45. The number of nitrogen functional groups attached to an aromatic ring is 1. The molecule has 5 nitrogen and oxygen atoms in total. The standard InChI is InChI=1S/C12H13N5/c13-6-9-8-4-2-1-3-5-11(8)16-12(17-15)10(9)7-14/h1-5,15H2,(H,16,17). The number of nitrogens with two attached hydrogens (primary N) is 1. The van der Waals surface area contributed by atoms with Crippen molar-refractivity contribution < 1.29 is 0 Å². The molecular weight excluding hydrogens is 214 g/mol. The Balaban J connectivity index is 2.69. The Kier molecular flexibility index (Phi) is 3.22. The second kappa shape index (κ2) is 4.82. The number of nitrogens with one attached hydrogen (secondary N) is 1. The molecule has 0 aliphatic heterocycles. The Morgan fingerprint density at radius 1 is 1.06 bits per heavy atom. The molecule has 0 atom stereocenters. The molecule has 0 saturated heterocycles. The molecule has 5 heteroatoms. The normalized spacial score (nSPS) is 14.1. The van der Waals surface area contributed by atoms with Crippen molar-refractivity contribution >= 4 is 5.82 Å². The van der Waals surface area contributed by atoms with Gasteiger partial charge in [-0.1, -0.05) is 6.42 Å². The largest absolute Gasteiger partial charge is 0.307 e. The highest BCUT2D eigenvalue weighted by molar-refractivity contribution is 5.63. The Bertz CT molecular complexity index is 521. The van der Waals surface area contributed by atoms with Crippen LogP contribution in [0.2, 0.25) is 0 Å². The van der Waals surface area contributed by atoms with Gasteiger partial charge in [0.25, 0.3) is 0 Å². The van der Waals surface area contributed by atoms with E-state index in [1.807, 2.05) is 6.07 Å². The van der Waals surface area contributed by atoms with E-state index in [9.17, 15) is 5.26 Å². The van der Waals surface area contributed by atoms with Crippen LogP contribution in [-0.2, 0) is 12.8 Å². The molecule has 0 amide bonds. The van der Waals surface area contributed by atoms with E-state index >= 15 is 0 Å². The molecule has 0 bridgehead atoms. The van der Waals surface area contributed by atoms with E-state index in [4.69, 9.17) is 11.1 Å². The number of hydrazine groups is 1. The summed E-state index contributed by atoms with van der Waals surface area (Å²) >= 11 is 0. The third-order valence-corrected chi connectivity index (χ3v) is 3.08. The quantitative estimate of drug-likeness (QED) is 0.429. The average Bonchev–Trinajstić information content (AvgIpc) is 2.60. The fourth-order valence-electron chi connectivity index (χ4n) is 2.26. The molecule has 0 radical (unpaired) electrons. The van der Waals surface area contributed by atoms with Gasteiger partial charge in [-0.2, -0.15) is 10.5 Å². The van der Waals surface area contributed by atoms with Crippen LogP contribution >= 0.6 is 0 Å². The summed E-state index contributed by atoms with van der Waals surface area (Å²) in [6.45, 7) is 0. The van der Waals surface area contributed by atoms with Gasteiger partial charge in [0.1, 0.15) is 17.7 Å². The maximum absolute atomic E-state index is 9.22. The first-order valence-electron chi connectivity index (χ1n) is 5.64. The van der Waals surface area contributed by atoms with E-state index in [1.54, 1.807) is 0 Å². The summed E-state index contributed by atoms with van der Waals surface area (Å²) in [5.74, 6) is 5.66. The van der Waals surface area contributed by atoms with Gasteiger partial charge >= 0.3 is 0 Å². The highest BCUT2D eigenvalue weighted by Gasteiger charge is 2.20. The molecule has 1 aliphatic carbocycles. The van der Waals surface area contributed by atoms with Crippen molar-refractivity contribution in [1.29, 1.82) is 10.5 Å². The number of aromatic nitrogens is 1. The molecule has 2 rings (SSSR count). The van der Waals surface area contributed by atoms with Gasteiger partial charge in [-0.05, 0) is 31.2 Å². The lowest BCUT2D eigenvalue weighted by Gasteiger charge is -2.12. The lowest BCUT2D eigenvalue weighted by Crippen LogP contribution is -2.14. The molecule has 17 heavy (non-hydrogen) atoms. The molecular formula is C12H13N5. The van der Waals surface area contributed by atoms with E-state index in [0.29, 0.717) is 11.4 Å². The van der Waals surface area contributed by atoms with E-state index in [0.717, 1.165) is 43.4 Å². The predicted octanol–water partition coefficient (Wildman–Crippen LogP) is 1.38. The number of nitriles is 2. The maximum atomic E-state index is 9.22. The van der Waals surface area contributed by atoms with Crippen LogP contribution in [0, 0.1) is 22.7 Å². The maximum Gasteiger partial charge on any atom is 0.159 e. The van der Waals surface area contributed by atoms with Crippen molar-refractivity contribution in [2.75, 3.05) is 5.43 Å². The van der Waals surface area contributed by atoms with E-state index < -0.39 is 0 Å². The highest BCUT2D eigenvalue weighted by Crippen LogP contribution is 2.27. The van der Waals surface area contributed by atoms with Crippen LogP contribution in [0.3, 0.4) is 0 Å². The molecule has 0 aromatic carbocycles. The van der Waals surface area contributed by atoms with Crippen LogP contribution in [0.1, 0.15) is 41.6 Å². The van der Waals surface area contributed by atoms with Crippen LogP contribution in [0.25, 0.3) is 0 Å². The van der Waals surface area contributed by atoms with Gasteiger partial charge < -0.3 is 5.43 Å². The summed E-state index contributed by atoms with van der Waals surface area (Å²) in [7, 11) is 0. The van der Waals surface area contributed by atoms with Crippen LogP contribution in [0.4, 0.5) is 5.82 Å². The Morgan fingerprint density at radius 2 is 1.76 bits per heavy atom. The number of anilines is 1. The van der Waals surface area contributed by atoms with Crippen LogP contribution in [0.15, 0.2) is 0 Å². The van der Waals surface area contributed by atoms with Crippen LogP contribution < -0.4 is 11.3 Å². The lowest BCUT2D eigenvalue weighted by molar-refractivity contribution is 0.708. The van der Waals surface area contributed by atoms with Crippen molar-refractivity contribution in [1.82, 2.24) is 4.98 Å². The zero-order chi connectivity index (χ0) is 12.3. The lowest BCUT2D eigenvalue weighted by atomic mass is 9.98. The van der Waals surface area contributed by atoms with Gasteiger partial charge in [0.2, 0.25) is 0 Å². The van der Waals surface area contributed by atoms with Crippen LogP contribution in [0.5, 0.6) is 0 Å². The molecule has 1 aromatic heterocycles. The predicted molar refractivity (Wildman–Crippen MR) is 62.7 cm³/mol. The third kappa shape index (κ3) is 1.93. The Hall–Kier alpha value is -2.11. The van der Waals surface area contributed by atoms with E-state index in [1.165, 1.54) is 0 Å². The highest BCUT2D eigenvalue weighted by atomic mass is 15.3. The Morgan fingerprint density at radius 3 is 2.41 bits per heavy atom.